The van der Waals surface area contributed by atoms with E-state index in [2.05, 4.69) is 20.6 Å². The fourth-order valence-corrected chi connectivity index (χ4v) is 2.48. The second kappa shape index (κ2) is 6.31. The molecule has 0 bridgehead atoms. The molecule has 1 aromatic rings. The molecule has 0 saturated heterocycles. The van der Waals surface area contributed by atoms with Crippen molar-refractivity contribution in [3.63, 3.8) is 0 Å². The van der Waals surface area contributed by atoms with Crippen molar-refractivity contribution in [2.45, 2.75) is 32.1 Å². The number of amides is 2. The van der Waals surface area contributed by atoms with Crippen LogP contribution in [-0.4, -0.2) is 33.6 Å². The molecule has 2 amide bonds. The van der Waals surface area contributed by atoms with E-state index in [1.807, 2.05) is 0 Å². The summed E-state index contributed by atoms with van der Waals surface area (Å²) < 4.78 is 0. The largest absolute Gasteiger partial charge is 0.481 e. The molecule has 0 aromatic carbocycles. The first-order valence-electron chi connectivity index (χ1n) is 6.66. The topological polar surface area (TPSA) is 104 Å². The third-order valence-corrected chi connectivity index (χ3v) is 3.67. The maximum Gasteiger partial charge on any atom is 0.319 e. The summed E-state index contributed by atoms with van der Waals surface area (Å²) in [5.41, 5.74) is -0.360. The minimum absolute atomic E-state index is 0.141. The number of nitrogens with one attached hydrogen (secondary N) is 2. The molecule has 108 valence electrons. The summed E-state index contributed by atoms with van der Waals surface area (Å²) in [5, 5.41) is 14.6. The summed E-state index contributed by atoms with van der Waals surface area (Å²) >= 11 is 0. The van der Waals surface area contributed by atoms with Crippen molar-refractivity contribution in [3.8, 4) is 0 Å². The number of hydrogen-bond acceptors (Lipinski definition) is 4. The molecule has 2 rings (SSSR count). The molecular weight excluding hydrogens is 260 g/mol. The summed E-state index contributed by atoms with van der Waals surface area (Å²) in [6.45, 7) is 0.141. The molecule has 0 radical (unpaired) electrons. The smallest absolute Gasteiger partial charge is 0.319 e. The Balaban J connectivity index is 1.89. The van der Waals surface area contributed by atoms with Gasteiger partial charge in [0.1, 0.15) is 6.33 Å². The van der Waals surface area contributed by atoms with Gasteiger partial charge in [-0.2, -0.15) is 0 Å². The lowest BCUT2D eigenvalue weighted by molar-refractivity contribution is -0.150. The fourth-order valence-electron chi connectivity index (χ4n) is 2.48. The molecule has 0 atom stereocenters. The van der Waals surface area contributed by atoms with Crippen LogP contribution in [0.25, 0.3) is 0 Å². The van der Waals surface area contributed by atoms with Gasteiger partial charge in [0.25, 0.3) is 0 Å². The van der Waals surface area contributed by atoms with Gasteiger partial charge in [-0.05, 0) is 12.8 Å². The Morgan fingerprint density at radius 1 is 1.20 bits per heavy atom. The molecule has 7 nitrogen and oxygen atoms in total. The van der Waals surface area contributed by atoms with Crippen LogP contribution in [0.3, 0.4) is 0 Å². The zero-order chi connectivity index (χ0) is 14.4. The SMILES string of the molecule is O=C(NCC1(C(=O)O)CCCCC1)Nc1cncnc1. The number of anilines is 1. The van der Waals surface area contributed by atoms with Crippen LogP contribution in [0.4, 0.5) is 10.5 Å². The zero-order valence-electron chi connectivity index (χ0n) is 11.1. The predicted octanol–water partition coefficient (Wildman–Crippen LogP) is 1.63. The Hall–Kier alpha value is -2.18. The summed E-state index contributed by atoms with van der Waals surface area (Å²) in [6.07, 6.45) is 8.37. The van der Waals surface area contributed by atoms with Crippen molar-refractivity contribution >= 4 is 17.7 Å². The van der Waals surface area contributed by atoms with Crippen LogP contribution in [-0.2, 0) is 4.79 Å². The van der Waals surface area contributed by atoms with E-state index in [1.54, 1.807) is 0 Å². The summed E-state index contributed by atoms with van der Waals surface area (Å²) in [4.78, 5) is 30.8. The number of aromatic nitrogens is 2. The number of aliphatic carboxylic acids is 1. The number of hydrogen-bond donors (Lipinski definition) is 3. The van der Waals surface area contributed by atoms with Crippen LogP contribution < -0.4 is 10.6 Å². The van der Waals surface area contributed by atoms with E-state index in [9.17, 15) is 14.7 Å². The van der Waals surface area contributed by atoms with Crippen molar-refractivity contribution in [2.24, 2.45) is 5.41 Å². The monoisotopic (exact) mass is 278 g/mol. The Labute approximate surface area is 116 Å². The Morgan fingerprint density at radius 3 is 2.45 bits per heavy atom. The third-order valence-electron chi connectivity index (χ3n) is 3.67. The number of carboxylic acids is 1. The molecule has 1 saturated carbocycles. The first-order valence-corrected chi connectivity index (χ1v) is 6.66. The normalized spacial score (nSPS) is 17.2. The van der Waals surface area contributed by atoms with Crippen molar-refractivity contribution in [2.75, 3.05) is 11.9 Å². The van der Waals surface area contributed by atoms with Crippen molar-refractivity contribution in [1.29, 1.82) is 0 Å². The van der Waals surface area contributed by atoms with Gasteiger partial charge in [0.2, 0.25) is 0 Å². The average molecular weight is 278 g/mol. The van der Waals surface area contributed by atoms with E-state index in [1.165, 1.54) is 18.7 Å². The highest BCUT2D eigenvalue weighted by Crippen LogP contribution is 2.35. The van der Waals surface area contributed by atoms with Gasteiger partial charge in [-0.1, -0.05) is 19.3 Å². The molecule has 1 aliphatic carbocycles. The quantitative estimate of drug-likeness (QED) is 0.776. The predicted molar refractivity (Wildman–Crippen MR) is 72.2 cm³/mol. The van der Waals surface area contributed by atoms with E-state index in [4.69, 9.17) is 0 Å². The molecule has 1 heterocycles. The molecule has 1 aliphatic rings. The van der Waals surface area contributed by atoms with E-state index >= 15 is 0 Å². The standard InChI is InChI=1S/C13H18N4O3/c18-11(19)13(4-2-1-3-5-13)8-16-12(20)17-10-6-14-9-15-7-10/h6-7,9H,1-5,8H2,(H,18,19)(H2,16,17,20). The lowest BCUT2D eigenvalue weighted by Crippen LogP contribution is -2.45. The number of carbonyl (C=O) groups excluding carboxylic acids is 1. The minimum Gasteiger partial charge on any atom is -0.481 e. The maximum atomic E-state index is 11.7. The van der Waals surface area contributed by atoms with E-state index < -0.39 is 17.4 Å². The van der Waals surface area contributed by atoms with Gasteiger partial charge in [-0.25, -0.2) is 14.8 Å². The summed E-state index contributed by atoms with van der Waals surface area (Å²) in [5.74, 6) is -0.833. The number of urea groups is 1. The van der Waals surface area contributed by atoms with Crippen LogP contribution in [0.15, 0.2) is 18.7 Å². The molecule has 3 N–H and O–H groups in total. The molecule has 20 heavy (non-hydrogen) atoms. The van der Waals surface area contributed by atoms with Gasteiger partial charge in [0.15, 0.2) is 0 Å². The number of carboxylic acid groups (broad SMARTS) is 1. The van der Waals surface area contributed by atoms with Crippen LogP contribution in [0, 0.1) is 5.41 Å². The van der Waals surface area contributed by atoms with E-state index in [0.717, 1.165) is 19.3 Å². The van der Waals surface area contributed by atoms with Crippen LogP contribution >= 0.6 is 0 Å². The number of rotatable bonds is 4. The van der Waals surface area contributed by atoms with Crippen LogP contribution in [0.1, 0.15) is 32.1 Å². The highest BCUT2D eigenvalue weighted by Gasteiger charge is 2.39. The molecular formula is C13H18N4O3. The molecule has 0 aliphatic heterocycles. The second-order valence-corrected chi connectivity index (χ2v) is 5.08. The third kappa shape index (κ3) is 3.43. The highest BCUT2D eigenvalue weighted by atomic mass is 16.4. The second-order valence-electron chi connectivity index (χ2n) is 5.08. The van der Waals surface area contributed by atoms with Gasteiger partial charge in [0, 0.05) is 6.54 Å². The van der Waals surface area contributed by atoms with Crippen molar-refractivity contribution in [1.82, 2.24) is 15.3 Å². The average Bonchev–Trinajstić information content (AvgIpc) is 2.47. The molecule has 0 spiro atoms. The number of nitrogens with zero attached hydrogens (tertiary/aromatic N) is 2. The maximum absolute atomic E-state index is 11.7. The van der Waals surface area contributed by atoms with Crippen LogP contribution in [0.2, 0.25) is 0 Å². The van der Waals surface area contributed by atoms with Crippen molar-refractivity contribution in [3.05, 3.63) is 18.7 Å². The van der Waals surface area contributed by atoms with Gasteiger partial charge in [-0.3, -0.25) is 4.79 Å². The molecule has 1 fully saturated rings. The Morgan fingerprint density at radius 2 is 1.85 bits per heavy atom. The molecule has 1 aromatic heterocycles. The first kappa shape index (κ1) is 14.2. The fraction of sp³-hybridized carbons (Fsp3) is 0.538. The molecule has 0 unspecified atom stereocenters. The summed E-state index contributed by atoms with van der Waals surface area (Å²) in [6, 6.07) is -0.439. The van der Waals surface area contributed by atoms with Gasteiger partial charge in [0.05, 0.1) is 23.5 Å². The van der Waals surface area contributed by atoms with E-state index in [-0.39, 0.29) is 6.54 Å². The Kier molecular flexibility index (Phi) is 4.49. The molecule has 7 heteroatoms. The summed E-state index contributed by atoms with van der Waals surface area (Å²) in [7, 11) is 0. The van der Waals surface area contributed by atoms with Crippen LogP contribution in [0.5, 0.6) is 0 Å². The van der Waals surface area contributed by atoms with E-state index in [0.29, 0.717) is 18.5 Å². The van der Waals surface area contributed by atoms with Gasteiger partial charge < -0.3 is 15.7 Å². The lowest BCUT2D eigenvalue weighted by Gasteiger charge is -2.33. The highest BCUT2D eigenvalue weighted by molar-refractivity contribution is 5.89. The minimum atomic E-state index is -0.833. The number of carbonyl (C=O) groups is 2. The van der Waals surface area contributed by atoms with Gasteiger partial charge in [-0.15, -0.1) is 0 Å². The first-order chi connectivity index (χ1) is 9.62. The van der Waals surface area contributed by atoms with Crippen molar-refractivity contribution < 1.29 is 14.7 Å². The Bertz CT molecular complexity index is 472. The zero-order valence-corrected chi connectivity index (χ0v) is 11.1. The lowest BCUT2D eigenvalue weighted by atomic mass is 9.74. The van der Waals surface area contributed by atoms with Gasteiger partial charge >= 0.3 is 12.0 Å².